The van der Waals surface area contributed by atoms with Crippen molar-refractivity contribution < 1.29 is 32.2 Å². The molecule has 0 bridgehead atoms. The topological polar surface area (TPSA) is 57.7 Å². The van der Waals surface area contributed by atoms with Crippen LogP contribution in [0.2, 0.25) is 0 Å². The number of alkyl halides is 4. The van der Waals surface area contributed by atoms with Crippen LogP contribution in [0.3, 0.4) is 0 Å². The largest absolute Gasteiger partial charge is 0.573 e. The maximum absolute atomic E-state index is 12.3. The van der Waals surface area contributed by atoms with Gasteiger partial charge in [0.15, 0.2) is 5.75 Å². The van der Waals surface area contributed by atoms with E-state index in [1.54, 1.807) is 0 Å². The van der Waals surface area contributed by atoms with Gasteiger partial charge in [-0.1, -0.05) is 15.9 Å². The van der Waals surface area contributed by atoms with Crippen molar-refractivity contribution in [2.24, 2.45) is 0 Å². The Labute approximate surface area is 114 Å². The number of pyridine rings is 1. The van der Waals surface area contributed by atoms with Crippen LogP contribution in [0.25, 0.3) is 0 Å². The molecule has 5 nitrogen and oxygen atoms in total. The van der Waals surface area contributed by atoms with Crippen LogP contribution in [0, 0.1) is 0 Å². The Bertz CT molecular complexity index is 479. The third-order valence-corrected chi connectivity index (χ3v) is 2.51. The smallest absolute Gasteiger partial charge is 0.481 e. The van der Waals surface area contributed by atoms with E-state index >= 15 is 0 Å². The molecule has 9 heteroatoms. The molecule has 1 rings (SSSR count). The highest BCUT2D eigenvalue weighted by atomic mass is 79.9. The average Bonchev–Trinajstić information content (AvgIpc) is 2.36. The van der Waals surface area contributed by atoms with Crippen LogP contribution < -0.4 is 9.47 Å². The summed E-state index contributed by atoms with van der Waals surface area (Å²) in [4.78, 5) is 15.3. The van der Waals surface area contributed by atoms with Crippen molar-refractivity contribution in [1.29, 1.82) is 0 Å². The van der Waals surface area contributed by atoms with Gasteiger partial charge in [-0.2, -0.15) is 0 Å². The first-order chi connectivity index (χ1) is 8.82. The molecular weight excluding hydrogens is 335 g/mol. The summed E-state index contributed by atoms with van der Waals surface area (Å²) in [6.45, 7) is 0. The minimum absolute atomic E-state index is 0.0237. The lowest BCUT2D eigenvalue weighted by atomic mass is 10.2. The van der Waals surface area contributed by atoms with Gasteiger partial charge in [0.05, 0.1) is 19.9 Å². The normalized spacial score (nSPS) is 11.1. The van der Waals surface area contributed by atoms with Crippen molar-refractivity contribution in [3.8, 4) is 11.6 Å². The average molecular weight is 344 g/mol. The van der Waals surface area contributed by atoms with Crippen molar-refractivity contribution in [2.75, 3.05) is 14.2 Å². The molecule has 0 aliphatic carbocycles. The van der Waals surface area contributed by atoms with Gasteiger partial charge < -0.3 is 14.2 Å². The lowest BCUT2D eigenvalue weighted by molar-refractivity contribution is -0.275. The Morgan fingerprint density at radius 1 is 1.42 bits per heavy atom. The molecule has 0 aromatic carbocycles. The lowest BCUT2D eigenvalue weighted by Gasteiger charge is -2.15. The first-order valence-corrected chi connectivity index (χ1v) is 5.92. The summed E-state index contributed by atoms with van der Waals surface area (Å²) in [5, 5.41) is -0.0559. The third kappa shape index (κ3) is 3.98. The zero-order chi connectivity index (χ0) is 14.6. The molecule has 0 unspecified atom stereocenters. The summed E-state index contributed by atoms with van der Waals surface area (Å²) in [6.07, 6.45) is -4.95. The molecule has 0 saturated heterocycles. The summed E-state index contributed by atoms with van der Waals surface area (Å²) < 4.78 is 50.1. The predicted octanol–water partition coefficient (Wildman–Crippen LogP) is 2.67. The fourth-order valence-corrected chi connectivity index (χ4v) is 1.63. The van der Waals surface area contributed by atoms with E-state index < -0.39 is 23.6 Å². The van der Waals surface area contributed by atoms with E-state index in [0.29, 0.717) is 0 Å². The molecule has 0 atom stereocenters. The van der Waals surface area contributed by atoms with Gasteiger partial charge in [0.25, 0.3) is 0 Å². The summed E-state index contributed by atoms with van der Waals surface area (Å²) in [7, 11) is 2.31. The number of halogens is 4. The minimum Gasteiger partial charge on any atom is -0.481 e. The van der Waals surface area contributed by atoms with Gasteiger partial charge in [-0.15, -0.1) is 13.2 Å². The van der Waals surface area contributed by atoms with E-state index in [4.69, 9.17) is 4.74 Å². The predicted molar refractivity (Wildman–Crippen MR) is 61.4 cm³/mol. The maximum Gasteiger partial charge on any atom is 0.573 e. The molecule has 0 aliphatic rings. The monoisotopic (exact) mass is 343 g/mol. The Morgan fingerprint density at radius 2 is 2.05 bits per heavy atom. The first-order valence-electron chi connectivity index (χ1n) is 4.80. The number of carbonyl (C=O) groups is 1. The molecule has 0 radical (unpaired) electrons. The van der Waals surface area contributed by atoms with Crippen molar-refractivity contribution in [3.63, 3.8) is 0 Å². The van der Waals surface area contributed by atoms with Gasteiger partial charge in [0.2, 0.25) is 5.88 Å². The molecule has 0 saturated carbocycles. The number of aromatic nitrogens is 1. The Kier molecular flexibility index (Phi) is 4.98. The number of methoxy groups -OCH3 is 2. The van der Waals surface area contributed by atoms with Gasteiger partial charge in [-0.25, -0.2) is 9.78 Å². The van der Waals surface area contributed by atoms with E-state index in [1.807, 2.05) is 0 Å². The number of esters is 1. The zero-order valence-electron chi connectivity index (χ0n) is 9.88. The van der Waals surface area contributed by atoms with Gasteiger partial charge in [-0.3, -0.25) is 0 Å². The van der Waals surface area contributed by atoms with Crippen LogP contribution >= 0.6 is 15.9 Å². The second-order valence-electron chi connectivity index (χ2n) is 3.16. The molecule has 0 N–H and O–H groups in total. The second-order valence-corrected chi connectivity index (χ2v) is 3.72. The van der Waals surface area contributed by atoms with Crippen LogP contribution in [0.1, 0.15) is 16.1 Å². The van der Waals surface area contributed by atoms with Gasteiger partial charge >= 0.3 is 12.3 Å². The molecule has 0 spiro atoms. The van der Waals surface area contributed by atoms with Crippen LogP contribution in [0.4, 0.5) is 13.2 Å². The van der Waals surface area contributed by atoms with Crippen LogP contribution in [0.5, 0.6) is 11.6 Å². The van der Waals surface area contributed by atoms with Crippen molar-refractivity contribution in [2.45, 2.75) is 11.7 Å². The molecule has 0 aliphatic heterocycles. The van der Waals surface area contributed by atoms with E-state index in [1.165, 1.54) is 7.11 Å². The number of rotatable bonds is 4. The van der Waals surface area contributed by atoms with Crippen LogP contribution in [-0.4, -0.2) is 31.5 Å². The molecule has 0 fully saturated rings. The number of carbonyl (C=O) groups excluding carboxylic acids is 1. The molecule has 1 heterocycles. The van der Waals surface area contributed by atoms with E-state index in [-0.39, 0.29) is 16.9 Å². The Morgan fingerprint density at radius 3 is 2.47 bits per heavy atom. The summed E-state index contributed by atoms with van der Waals surface area (Å²) in [5.41, 5.74) is -0.543. The van der Waals surface area contributed by atoms with E-state index in [2.05, 4.69) is 30.4 Å². The van der Waals surface area contributed by atoms with E-state index in [0.717, 1.165) is 13.2 Å². The van der Waals surface area contributed by atoms with Gasteiger partial charge in [0.1, 0.15) is 5.56 Å². The molecule has 106 valence electrons. The molecule has 0 amide bonds. The second kappa shape index (κ2) is 6.09. The Hall–Kier alpha value is -1.51. The number of hydrogen-bond donors (Lipinski definition) is 0. The first kappa shape index (κ1) is 15.5. The quantitative estimate of drug-likeness (QED) is 0.621. The summed E-state index contributed by atoms with van der Waals surface area (Å²) in [6, 6.07) is 1.01. The van der Waals surface area contributed by atoms with Crippen LogP contribution in [-0.2, 0) is 10.1 Å². The Balaban J connectivity index is 3.41. The number of hydrogen-bond acceptors (Lipinski definition) is 5. The van der Waals surface area contributed by atoms with Crippen LogP contribution in [0.15, 0.2) is 6.07 Å². The minimum atomic E-state index is -4.95. The third-order valence-electron chi connectivity index (χ3n) is 1.98. The number of nitrogens with zero attached hydrogens (tertiary/aromatic N) is 1. The van der Waals surface area contributed by atoms with Crippen molar-refractivity contribution >= 4 is 21.9 Å². The zero-order valence-corrected chi connectivity index (χ0v) is 11.5. The molecular formula is C10H9BrF3NO4. The van der Waals surface area contributed by atoms with Gasteiger partial charge in [0, 0.05) is 11.4 Å². The maximum atomic E-state index is 12.3. The highest BCUT2D eigenvalue weighted by Gasteiger charge is 2.35. The standard InChI is InChI=1S/C10H9BrF3NO4/c1-17-7-3-5(9(16)18-2)8(6(4-11)15-7)19-10(12,13)14/h3H,4H2,1-2H3. The highest BCUT2D eigenvalue weighted by Crippen LogP contribution is 2.33. The molecule has 1 aromatic rings. The molecule has 1 aromatic heterocycles. The summed E-state index contributed by atoms with van der Waals surface area (Å²) >= 11 is 2.97. The van der Waals surface area contributed by atoms with Gasteiger partial charge in [-0.05, 0) is 0 Å². The SMILES string of the molecule is COC(=O)c1cc(OC)nc(CBr)c1OC(F)(F)F. The van der Waals surface area contributed by atoms with Crippen molar-refractivity contribution in [3.05, 3.63) is 17.3 Å². The summed E-state index contributed by atoms with van der Waals surface area (Å²) in [5.74, 6) is -1.72. The van der Waals surface area contributed by atoms with E-state index in [9.17, 15) is 18.0 Å². The molecule has 19 heavy (non-hydrogen) atoms. The highest BCUT2D eigenvalue weighted by molar-refractivity contribution is 9.08. The lowest BCUT2D eigenvalue weighted by Crippen LogP contribution is -2.21. The fraction of sp³-hybridized carbons (Fsp3) is 0.400. The van der Waals surface area contributed by atoms with Crippen molar-refractivity contribution in [1.82, 2.24) is 4.98 Å². The fourth-order valence-electron chi connectivity index (χ4n) is 1.25. The number of ether oxygens (including phenoxy) is 3.